The number of aromatic nitrogens is 2. The highest BCUT2D eigenvalue weighted by atomic mass is 16.5. The van der Waals surface area contributed by atoms with Gasteiger partial charge in [-0.1, -0.05) is 23.4 Å². The van der Waals surface area contributed by atoms with Crippen molar-refractivity contribution in [3.8, 4) is 11.3 Å². The van der Waals surface area contributed by atoms with E-state index >= 15 is 0 Å². The number of hydrogen-bond donors (Lipinski definition) is 2. The van der Waals surface area contributed by atoms with Gasteiger partial charge in [0.25, 0.3) is 0 Å². The Balaban J connectivity index is 2.19. The molecular weight excluding hydrogens is 232 g/mol. The first kappa shape index (κ1) is 10.6. The average Bonchev–Trinajstić information content (AvgIpc) is 2.94. The molecule has 5 heteroatoms. The molecule has 0 fully saturated rings. The van der Waals surface area contributed by atoms with E-state index in [0.717, 1.165) is 22.0 Å². The van der Waals surface area contributed by atoms with Crippen molar-refractivity contribution < 1.29 is 14.4 Å². The van der Waals surface area contributed by atoms with Crippen LogP contribution in [0.25, 0.3) is 22.2 Å². The largest absolute Gasteiger partial charge is 0.476 e. The van der Waals surface area contributed by atoms with Gasteiger partial charge in [-0.05, 0) is 12.5 Å². The maximum Gasteiger partial charge on any atom is 0.358 e. The van der Waals surface area contributed by atoms with Crippen molar-refractivity contribution >= 4 is 16.9 Å². The van der Waals surface area contributed by atoms with Gasteiger partial charge in [0.1, 0.15) is 0 Å². The van der Waals surface area contributed by atoms with E-state index in [4.69, 9.17) is 9.63 Å². The van der Waals surface area contributed by atoms with Crippen molar-refractivity contribution in [2.45, 2.75) is 6.92 Å². The zero-order valence-electron chi connectivity index (χ0n) is 9.60. The molecule has 0 spiro atoms. The molecule has 0 bridgehead atoms. The molecule has 0 aliphatic heterocycles. The molecule has 0 radical (unpaired) electrons. The van der Waals surface area contributed by atoms with E-state index in [0.29, 0.717) is 5.76 Å². The number of para-hydroxylation sites is 1. The first-order chi connectivity index (χ1) is 8.66. The summed E-state index contributed by atoms with van der Waals surface area (Å²) in [5.41, 5.74) is 2.86. The first-order valence-electron chi connectivity index (χ1n) is 5.44. The summed E-state index contributed by atoms with van der Waals surface area (Å²) in [6.45, 7) is 2.01. The number of hydrogen-bond acceptors (Lipinski definition) is 3. The van der Waals surface area contributed by atoms with E-state index < -0.39 is 5.97 Å². The molecule has 0 aliphatic carbocycles. The number of fused-ring (bicyclic) bond motifs is 1. The molecule has 3 aromatic rings. The van der Waals surface area contributed by atoms with Gasteiger partial charge >= 0.3 is 5.97 Å². The molecule has 3 rings (SSSR count). The summed E-state index contributed by atoms with van der Waals surface area (Å²) in [5.74, 6) is -0.648. The number of nitrogens with one attached hydrogen (secondary N) is 1. The quantitative estimate of drug-likeness (QED) is 0.724. The molecule has 0 saturated heterocycles. The molecule has 2 N–H and O–H groups in total. The second-order valence-corrected chi connectivity index (χ2v) is 4.08. The number of nitrogens with zero attached hydrogens (tertiary/aromatic N) is 1. The third kappa shape index (κ3) is 1.48. The highest BCUT2D eigenvalue weighted by Crippen LogP contribution is 2.30. The van der Waals surface area contributed by atoms with E-state index in [1.165, 1.54) is 6.07 Å². The van der Waals surface area contributed by atoms with Crippen LogP contribution in [0.3, 0.4) is 0 Å². The van der Waals surface area contributed by atoms with Gasteiger partial charge < -0.3 is 14.6 Å². The van der Waals surface area contributed by atoms with Crippen LogP contribution >= 0.6 is 0 Å². The summed E-state index contributed by atoms with van der Waals surface area (Å²) in [5, 5.41) is 13.3. The fraction of sp³-hybridized carbons (Fsp3) is 0.0769. The van der Waals surface area contributed by atoms with Gasteiger partial charge in [0.15, 0.2) is 11.5 Å². The van der Waals surface area contributed by atoms with Crippen LogP contribution in [0.15, 0.2) is 35.0 Å². The number of aromatic carboxylic acids is 1. The molecule has 2 heterocycles. The lowest BCUT2D eigenvalue weighted by molar-refractivity contribution is 0.0686. The zero-order valence-corrected chi connectivity index (χ0v) is 9.60. The first-order valence-corrected chi connectivity index (χ1v) is 5.44. The van der Waals surface area contributed by atoms with E-state index in [9.17, 15) is 4.79 Å². The van der Waals surface area contributed by atoms with Gasteiger partial charge in [-0.15, -0.1) is 0 Å². The summed E-state index contributed by atoms with van der Waals surface area (Å²) in [4.78, 5) is 13.9. The molecule has 18 heavy (non-hydrogen) atoms. The predicted molar refractivity (Wildman–Crippen MR) is 65.5 cm³/mol. The van der Waals surface area contributed by atoms with Crippen LogP contribution in [-0.2, 0) is 0 Å². The predicted octanol–water partition coefficient (Wildman–Crippen LogP) is 2.83. The topological polar surface area (TPSA) is 79.1 Å². The van der Waals surface area contributed by atoms with Crippen LogP contribution in [0.4, 0.5) is 0 Å². The van der Waals surface area contributed by atoms with Crippen LogP contribution in [0.1, 0.15) is 16.1 Å². The zero-order chi connectivity index (χ0) is 12.7. The minimum Gasteiger partial charge on any atom is -0.476 e. The minimum absolute atomic E-state index is 0.0907. The van der Waals surface area contributed by atoms with Crippen molar-refractivity contribution in [3.63, 3.8) is 0 Å². The number of carboxylic acid groups (broad SMARTS) is 1. The average molecular weight is 242 g/mol. The Morgan fingerprint density at radius 2 is 2.28 bits per heavy atom. The highest BCUT2D eigenvalue weighted by molar-refractivity contribution is 5.96. The fourth-order valence-corrected chi connectivity index (χ4v) is 2.01. The normalized spacial score (nSPS) is 10.9. The van der Waals surface area contributed by atoms with E-state index in [1.807, 2.05) is 25.1 Å². The Kier molecular flexibility index (Phi) is 2.19. The van der Waals surface area contributed by atoms with Crippen molar-refractivity contribution in [3.05, 3.63) is 41.7 Å². The number of carboxylic acids is 1. The number of aryl methyl sites for hydroxylation is 1. The van der Waals surface area contributed by atoms with Gasteiger partial charge in [-0.3, -0.25) is 0 Å². The Morgan fingerprint density at radius 3 is 3.00 bits per heavy atom. The lowest BCUT2D eigenvalue weighted by atomic mass is 10.1. The lowest BCUT2D eigenvalue weighted by Crippen LogP contribution is -1.94. The van der Waals surface area contributed by atoms with Crippen molar-refractivity contribution in [1.29, 1.82) is 0 Å². The number of benzene rings is 1. The van der Waals surface area contributed by atoms with Crippen molar-refractivity contribution in [2.24, 2.45) is 0 Å². The lowest BCUT2D eigenvalue weighted by Gasteiger charge is -1.95. The maximum absolute atomic E-state index is 10.8. The van der Waals surface area contributed by atoms with Gasteiger partial charge in [0.05, 0.1) is 0 Å². The van der Waals surface area contributed by atoms with Crippen LogP contribution in [0.5, 0.6) is 0 Å². The Hall–Kier alpha value is -2.56. The van der Waals surface area contributed by atoms with Crippen LogP contribution in [0.2, 0.25) is 0 Å². The Labute approximate surface area is 102 Å². The van der Waals surface area contributed by atoms with E-state index in [1.54, 1.807) is 6.20 Å². The summed E-state index contributed by atoms with van der Waals surface area (Å²) >= 11 is 0. The number of H-pyrrole nitrogens is 1. The third-order valence-corrected chi connectivity index (χ3v) is 2.92. The Morgan fingerprint density at radius 1 is 1.44 bits per heavy atom. The fourth-order valence-electron chi connectivity index (χ4n) is 2.01. The molecule has 0 unspecified atom stereocenters. The third-order valence-electron chi connectivity index (χ3n) is 2.92. The van der Waals surface area contributed by atoms with Gasteiger partial charge in [-0.2, -0.15) is 0 Å². The van der Waals surface area contributed by atoms with Crippen LogP contribution in [0, 0.1) is 6.92 Å². The minimum atomic E-state index is -1.10. The molecule has 90 valence electrons. The molecule has 0 atom stereocenters. The van der Waals surface area contributed by atoms with Gasteiger partial charge in [0.2, 0.25) is 0 Å². The number of rotatable bonds is 2. The molecule has 5 nitrogen and oxygen atoms in total. The second-order valence-electron chi connectivity index (χ2n) is 4.08. The standard InChI is InChI=1S/C13H10N2O3/c1-7-3-2-4-8-9(6-14-12(7)8)11-5-10(13(16)17)15-18-11/h2-6,14H,1H3,(H,16,17). The molecule has 1 aromatic carbocycles. The van der Waals surface area contributed by atoms with Crippen LogP contribution < -0.4 is 0 Å². The summed E-state index contributed by atoms with van der Waals surface area (Å²) in [6, 6.07) is 7.33. The monoisotopic (exact) mass is 242 g/mol. The molecule has 0 aliphatic rings. The van der Waals surface area contributed by atoms with E-state index in [-0.39, 0.29) is 5.69 Å². The van der Waals surface area contributed by atoms with E-state index in [2.05, 4.69) is 10.1 Å². The SMILES string of the molecule is Cc1cccc2c(-c3cc(C(=O)O)no3)c[nH]c12. The smallest absolute Gasteiger partial charge is 0.358 e. The highest BCUT2D eigenvalue weighted by Gasteiger charge is 2.15. The van der Waals surface area contributed by atoms with Crippen LogP contribution in [-0.4, -0.2) is 21.2 Å². The maximum atomic E-state index is 10.8. The summed E-state index contributed by atoms with van der Waals surface area (Å²) in [7, 11) is 0. The molecule has 0 amide bonds. The second kappa shape index (κ2) is 3.73. The van der Waals surface area contributed by atoms with Gasteiger partial charge in [0, 0.05) is 28.7 Å². The number of carbonyl (C=O) groups is 1. The summed E-state index contributed by atoms with van der Waals surface area (Å²) < 4.78 is 5.07. The number of aromatic amines is 1. The summed E-state index contributed by atoms with van der Waals surface area (Å²) in [6.07, 6.45) is 1.80. The molecular formula is C13H10N2O3. The molecule has 0 saturated carbocycles. The Bertz CT molecular complexity index is 740. The van der Waals surface area contributed by atoms with Crippen molar-refractivity contribution in [1.82, 2.24) is 10.1 Å². The molecule has 2 aromatic heterocycles. The van der Waals surface area contributed by atoms with Gasteiger partial charge in [-0.25, -0.2) is 4.79 Å². The van der Waals surface area contributed by atoms with Crippen molar-refractivity contribution in [2.75, 3.05) is 0 Å².